The average molecular weight is 733 g/mol. The first-order chi connectivity index (χ1) is 25.0. The molecule has 0 spiro atoms. The van der Waals surface area contributed by atoms with E-state index in [1.54, 1.807) is 0 Å². The number of fused-ring (bicyclic) bond motifs is 8. The highest BCUT2D eigenvalue weighted by Crippen LogP contribution is 2.43. The van der Waals surface area contributed by atoms with Crippen molar-refractivity contribution >= 4 is 0 Å². The van der Waals surface area contributed by atoms with E-state index in [9.17, 15) is 10.2 Å². The van der Waals surface area contributed by atoms with Crippen molar-refractivity contribution < 1.29 is 19.7 Å². The maximum Gasteiger partial charge on any atom is 0.126 e. The number of phenolic OH excluding ortho intramolecular Hbond substituents is 2. The summed E-state index contributed by atoms with van der Waals surface area (Å²) in [5, 5.41) is 24.7. The number of rotatable bonds is 6. The molecule has 2 N–H and O–H groups in total. The highest BCUT2D eigenvalue weighted by molar-refractivity contribution is 5.59. The summed E-state index contributed by atoms with van der Waals surface area (Å²) >= 11 is 0. The molecule has 8 bridgehead atoms. The van der Waals surface area contributed by atoms with E-state index < -0.39 is 0 Å². The van der Waals surface area contributed by atoms with Gasteiger partial charge in [0.1, 0.15) is 23.0 Å². The molecule has 4 nitrogen and oxygen atoms in total. The van der Waals surface area contributed by atoms with Gasteiger partial charge in [-0.05, 0) is 101 Å². The number of ether oxygens (including phenoxy) is 2. The molecular weight excluding hydrogens is 665 g/mol. The van der Waals surface area contributed by atoms with Crippen LogP contribution in [0.1, 0.15) is 177 Å². The summed E-state index contributed by atoms with van der Waals surface area (Å²) in [7, 11) is 0. The molecule has 1 aliphatic rings. The van der Waals surface area contributed by atoms with Crippen LogP contribution in [0.15, 0.2) is 48.5 Å². The quantitative estimate of drug-likeness (QED) is 0.182. The van der Waals surface area contributed by atoms with Gasteiger partial charge in [0.25, 0.3) is 0 Å². The number of aromatic hydroxyl groups is 2. The molecule has 5 rings (SSSR count). The van der Waals surface area contributed by atoms with E-state index in [0.29, 0.717) is 50.4 Å². The van der Waals surface area contributed by atoms with Crippen LogP contribution in [0.3, 0.4) is 0 Å². The molecule has 292 valence electrons. The third-order valence-corrected chi connectivity index (χ3v) is 10.9. The predicted molar refractivity (Wildman–Crippen MR) is 227 cm³/mol. The predicted octanol–water partition coefficient (Wildman–Crippen LogP) is 12.5. The van der Waals surface area contributed by atoms with Gasteiger partial charge in [-0.25, -0.2) is 0 Å². The van der Waals surface area contributed by atoms with Crippen LogP contribution in [0, 0.1) is 0 Å². The highest BCUT2D eigenvalue weighted by atomic mass is 16.5. The Hall–Kier alpha value is -3.92. The monoisotopic (exact) mass is 733 g/mol. The molecule has 0 aliphatic heterocycles. The van der Waals surface area contributed by atoms with Gasteiger partial charge in [-0.2, -0.15) is 0 Å². The molecule has 0 saturated carbocycles. The number of phenols is 2. The molecule has 0 unspecified atom stereocenters. The normalized spacial score (nSPS) is 13.9. The summed E-state index contributed by atoms with van der Waals surface area (Å²) in [4.78, 5) is 0. The van der Waals surface area contributed by atoms with E-state index in [2.05, 4.69) is 145 Å². The van der Waals surface area contributed by atoms with E-state index in [1.807, 2.05) is 0 Å². The Kier molecular flexibility index (Phi) is 11.7. The fourth-order valence-corrected chi connectivity index (χ4v) is 7.42. The number of hydrogen-bond donors (Lipinski definition) is 2. The zero-order valence-electron chi connectivity index (χ0n) is 36.0. The molecule has 0 aromatic heterocycles. The van der Waals surface area contributed by atoms with Crippen molar-refractivity contribution in [3.05, 3.63) is 115 Å². The third-order valence-electron chi connectivity index (χ3n) is 10.9. The Labute approximate surface area is 327 Å². The van der Waals surface area contributed by atoms with Gasteiger partial charge in [-0.15, -0.1) is 0 Å². The number of hydrogen-bond acceptors (Lipinski definition) is 4. The van der Waals surface area contributed by atoms with Crippen molar-refractivity contribution in [2.24, 2.45) is 0 Å². The van der Waals surface area contributed by atoms with Gasteiger partial charge in [-0.1, -0.05) is 145 Å². The van der Waals surface area contributed by atoms with E-state index >= 15 is 0 Å². The molecular formula is C50H68O4. The fraction of sp³-hybridized carbons (Fsp3) is 0.520. The molecule has 4 heteroatoms. The second-order valence-corrected chi connectivity index (χ2v) is 19.9. The van der Waals surface area contributed by atoms with Crippen LogP contribution in [-0.4, -0.2) is 23.4 Å². The summed E-state index contributed by atoms with van der Waals surface area (Å²) in [6.45, 7) is 32.4. The standard InChI is InChI=1S/C50H68O4/c1-15-17-53-45-35-19-31-23-39(47(3,4)5)25-33(43(31)51)21-37-29-42(50(12,13)14)30-38(46(37)54-18-16-2)22-34-26-40(48(6,7)8)24-32(44(34)52)20-36(45)28-41(27-35)49(9,10)11/h23-30,51-52H,15-22H2,1-14H3. The molecule has 4 aromatic carbocycles. The Morgan fingerprint density at radius 3 is 0.778 bits per heavy atom. The third kappa shape index (κ3) is 9.12. The van der Waals surface area contributed by atoms with Gasteiger partial charge >= 0.3 is 0 Å². The first-order valence-corrected chi connectivity index (χ1v) is 20.3. The van der Waals surface area contributed by atoms with Crippen molar-refractivity contribution in [1.82, 2.24) is 0 Å². The zero-order valence-corrected chi connectivity index (χ0v) is 36.0. The summed E-state index contributed by atoms with van der Waals surface area (Å²) in [6, 6.07) is 17.9. The summed E-state index contributed by atoms with van der Waals surface area (Å²) in [6.07, 6.45) is 3.82. The van der Waals surface area contributed by atoms with Crippen molar-refractivity contribution in [3.8, 4) is 23.0 Å². The lowest BCUT2D eigenvalue weighted by Crippen LogP contribution is -2.17. The molecule has 1 aliphatic carbocycles. The Balaban J connectivity index is 1.95. The minimum atomic E-state index is -0.136. The van der Waals surface area contributed by atoms with Crippen LogP contribution in [0.4, 0.5) is 0 Å². The SMILES string of the molecule is CCCOc1c2cc(C(C)(C)C)cc1Cc1cc(C(C)(C)C)cc(c1O)Cc1cc(C(C)(C)C)cc(c1OCCC)Cc1cc(C(C)(C)C)cc(c1O)C2. The first kappa shape index (κ1) is 41.2. The fourth-order valence-electron chi connectivity index (χ4n) is 7.42. The van der Waals surface area contributed by atoms with Gasteiger partial charge in [0.05, 0.1) is 13.2 Å². The minimum absolute atomic E-state index is 0.128. The zero-order chi connectivity index (χ0) is 40.0. The lowest BCUT2D eigenvalue weighted by molar-refractivity contribution is 0.311. The van der Waals surface area contributed by atoms with Crippen molar-refractivity contribution in [2.75, 3.05) is 13.2 Å². The number of benzene rings is 4. The lowest BCUT2D eigenvalue weighted by Gasteiger charge is -2.28. The average Bonchev–Trinajstić information content (AvgIpc) is 3.04. The summed E-state index contributed by atoms with van der Waals surface area (Å²) < 4.78 is 13.4. The maximum absolute atomic E-state index is 12.3. The van der Waals surface area contributed by atoms with E-state index in [4.69, 9.17) is 9.47 Å². The smallest absolute Gasteiger partial charge is 0.126 e. The molecule has 0 heterocycles. The Bertz CT molecular complexity index is 1740. The second-order valence-electron chi connectivity index (χ2n) is 19.9. The van der Waals surface area contributed by atoms with Crippen LogP contribution in [0.5, 0.6) is 23.0 Å². The molecule has 4 aromatic rings. The van der Waals surface area contributed by atoms with Crippen LogP contribution in [0.2, 0.25) is 0 Å². The lowest BCUT2D eigenvalue weighted by atomic mass is 9.79. The van der Waals surface area contributed by atoms with Crippen molar-refractivity contribution in [2.45, 2.75) is 157 Å². The summed E-state index contributed by atoms with van der Waals surface area (Å²) in [5.41, 5.74) is 12.1. The van der Waals surface area contributed by atoms with Gasteiger partial charge < -0.3 is 19.7 Å². The molecule has 54 heavy (non-hydrogen) atoms. The summed E-state index contributed by atoms with van der Waals surface area (Å²) in [5.74, 6) is 2.38. The van der Waals surface area contributed by atoms with Gasteiger partial charge in [0, 0.05) is 25.7 Å². The molecule has 0 radical (unpaired) electrons. The van der Waals surface area contributed by atoms with E-state index in [0.717, 1.165) is 68.8 Å². The van der Waals surface area contributed by atoms with Crippen LogP contribution in [0.25, 0.3) is 0 Å². The Morgan fingerprint density at radius 1 is 0.389 bits per heavy atom. The van der Waals surface area contributed by atoms with Gasteiger partial charge in [0.15, 0.2) is 0 Å². The minimum Gasteiger partial charge on any atom is -0.507 e. The Morgan fingerprint density at radius 2 is 0.593 bits per heavy atom. The largest absolute Gasteiger partial charge is 0.507 e. The second kappa shape index (κ2) is 15.3. The topological polar surface area (TPSA) is 58.9 Å². The van der Waals surface area contributed by atoms with Crippen LogP contribution >= 0.6 is 0 Å². The van der Waals surface area contributed by atoms with Gasteiger partial charge in [0.2, 0.25) is 0 Å². The van der Waals surface area contributed by atoms with E-state index in [-0.39, 0.29) is 21.7 Å². The highest BCUT2D eigenvalue weighted by Gasteiger charge is 2.28. The van der Waals surface area contributed by atoms with Crippen LogP contribution in [-0.2, 0) is 47.3 Å². The molecule has 0 amide bonds. The molecule has 0 fully saturated rings. The van der Waals surface area contributed by atoms with E-state index in [1.165, 1.54) is 22.3 Å². The van der Waals surface area contributed by atoms with Crippen LogP contribution < -0.4 is 9.47 Å². The molecule has 0 atom stereocenters. The molecule has 0 saturated heterocycles. The van der Waals surface area contributed by atoms with Crippen molar-refractivity contribution in [3.63, 3.8) is 0 Å². The van der Waals surface area contributed by atoms with Gasteiger partial charge in [-0.3, -0.25) is 0 Å². The van der Waals surface area contributed by atoms with Crippen molar-refractivity contribution in [1.29, 1.82) is 0 Å². The maximum atomic E-state index is 12.3. The first-order valence-electron chi connectivity index (χ1n) is 20.3.